The van der Waals surface area contributed by atoms with Crippen molar-refractivity contribution in [2.45, 2.75) is 32.4 Å². The predicted molar refractivity (Wildman–Crippen MR) is 86.1 cm³/mol. The number of ether oxygens (including phenoxy) is 2. The third kappa shape index (κ3) is 2.57. The Kier molecular flexibility index (Phi) is 3.51. The van der Waals surface area contributed by atoms with Crippen LogP contribution in [-0.4, -0.2) is 18.2 Å². The number of hydrogen-bond acceptors (Lipinski definition) is 3. The highest BCUT2D eigenvalue weighted by atomic mass is 16.7. The van der Waals surface area contributed by atoms with Gasteiger partial charge in [0, 0.05) is 12.6 Å². The molecule has 0 aliphatic carbocycles. The van der Waals surface area contributed by atoms with Gasteiger partial charge in [-0.3, -0.25) is 4.90 Å². The SMILES string of the molecule is Cc1ccc(CN2CCCC2c2ccc3c(c2)OCO3)cc1. The molecule has 3 nitrogen and oxygen atoms in total. The van der Waals surface area contributed by atoms with Crippen molar-refractivity contribution in [1.82, 2.24) is 4.90 Å². The van der Waals surface area contributed by atoms with Gasteiger partial charge in [-0.15, -0.1) is 0 Å². The van der Waals surface area contributed by atoms with Gasteiger partial charge in [-0.05, 0) is 49.6 Å². The Bertz CT molecular complexity index is 666. The maximum Gasteiger partial charge on any atom is 0.231 e. The van der Waals surface area contributed by atoms with Gasteiger partial charge in [0.05, 0.1) is 0 Å². The number of likely N-dealkylation sites (tertiary alicyclic amines) is 1. The lowest BCUT2D eigenvalue weighted by molar-refractivity contribution is 0.174. The second-order valence-corrected chi connectivity index (χ2v) is 6.23. The van der Waals surface area contributed by atoms with Crippen LogP contribution in [0.25, 0.3) is 0 Å². The van der Waals surface area contributed by atoms with Gasteiger partial charge in [0.2, 0.25) is 6.79 Å². The van der Waals surface area contributed by atoms with Crippen LogP contribution in [0.5, 0.6) is 11.5 Å². The minimum Gasteiger partial charge on any atom is -0.454 e. The van der Waals surface area contributed by atoms with Gasteiger partial charge < -0.3 is 9.47 Å². The summed E-state index contributed by atoms with van der Waals surface area (Å²) >= 11 is 0. The highest BCUT2D eigenvalue weighted by molar-refractivity contribution is 5.45. The molecule has 2 heterocycles. The molecular formula is C19H21NO2. The maximum absolute atomic E-state index is 5.52. The lowest BCUT2D eigenvalue weighted by Gasteiger charge is -2.25. The summed E-state index contributed by atoms with van der Waals surface area (Å²) in [5, 5.41) is 0. The molecule has 0 amide bonds. The van der Waals surface area contributed by atoms with Crippen molar-refractivity contribution in [3.05, 3.63) is 59.2 Å². The molecule has 0 N–H and O–H groups in total. The van der Waals surface area contributed by atoms with Crippen molar-refractivity contribution < 1.29 is 9.47 Å². The molecule has 114 valence electrons. The number of nitrogens with zero attached hydrogens (tertiary/aromatic N) is 1. The minimum atomic E-state index is 0.344. The first-order chi connectivity index (χ1) is 10.8. The van der Waals surface area contributed by atoms with E-state index in [4.69, 9.17) is 9.47 Å². The van der Waals surface area contributed by atoms with Crippen LogP contribution >= 0.6 is 0 Å². The summed E-state index contributed by atoms with van der Waals surface area (Å²) in [4.78, 5) is 2.57. The third-order valence-corrected chi connectivity index (χ3v) is 4.65. The Labute approximate surface area is 131 Å². The first-order valence-electron chi connectivity index (χ1n) is 7.99. The van der Waals surface area contributed by atoms with E-state index in [9.17, 15) is 0 Å². The van der Waals surface area contributed by atoms with E-state index in [1.54, 1.807) is 0 Å². The van der Waals surface area contributed by atoms with Gasteiger partial charge in [0.15, 0.2) is 11.5 Å². The Balaban J connectivity index is 1.54. The van der Waals surface area contributed by atoms with E-state index in [0.29, 0.717) is 12.8 Å². The van der Waals surface area contributed by atoms with Crippen molar-refractivity contribution in [3.8, 4) is 11.5 Å². The molecule has 2 aliphatic rings. The second kappa shape index (κ2) is 5.65. The van der Waals surface area contributed by atoms with Crippen molar-refractivity contribution in [2.24, 2.45) is 0 Å². The van der Waals surface area contributed by atoms with Gasteiger partial charge in [-0.2, -0.15) is 0 Å². The van der Waals surface area contributed by atoms with Gasteiger partial charge >= 0.3 is 0 Å². The number of aryl methyl sites for hydroxylation is 1. The highest BCUT2D eigenvalue weighted by Gasteiger charge is 2.27. The van der Waals surface area contributed by atoms with Crippen molar-refractivity contribution in [3.63, 3.8) is 0 Å². The average molecular weight is 295 g/mol. The molecule has 2 aromatic rings. The fourth-order valence-corrected chi connectivity index (χ4v) is 3.44. The Morgan fingerprint density at radius 2 is 1.86 bits per heavy atom. The molecule has 0 spiro atoms. The maximum atomic E-state index is 5.52. The molecule has 0 saturated carbocycles. The molecule has 2 aliphatic heterocycles. The normalized spacial score (nSPS) is 20.5. The van der Waals surface area contributed by atoms with E-state index in [1.807, 2.05) is 6.07 Å². The van der Waals surface area contributed by atoms with Gasteiger partial charge in [-0.1, -0.05) is 35.9 Å². The van der Waals surface area contributed by atoms with E-state index in [-0.39, 0.29) is 0 Å². The lowest BCUT2D eigenvalue weighted by Crippen LogP contribution is -2.22. The fraction of sp³-hybridized carbons (Fsp3) is 0.368. The van der Waals surface area contributed by atoms with E-state index in [1.165, 1.54) is 29.5 Å². The smallest absolute Gasteiger partial charge is 0.231 e. The van der Waals surface area contributed by atoms with Crippen LogP contribution in [0.15, 0.2) is 42.5 Å². The van der Waals surface area contributed by atoms with Crippen LogP contribution in [0.1, 0.15) is 35.6 Å². The molecule has 22 heavy (non-hydrogen) atoms. The second-order valence-electron chi connectivity index (χ2n) is 6.23. The summed E-state index contributed by atoms with van der Waals surface area (Å²) in [5.41, 5.74) is 4.05. The summed E-state index contributed by atoms with van der Waals surface area (Å²) in [7, 11) is 0. The summed E-state index contributed by atoms with van der Waals surface area (Å²) in [5.74, 6) is 1.76. The molecule has 0 aromatic heterocycles. The zero-order valence-corrected chi connectivity index (χ0v) is 12.9. The number of fused-ring (bicyclic) bond motifs is 1. The molecule has 0 radical (unpaired) electrons. The van der Waals surface area contributed by atoms with Crippen molar-refractivity contribution in [1.29, 1.82) is 0 Å². The molecule has 4 rings (SSSR count). The van der Waals surface area contributed by atoms with Crippen LogP contribution in [0.2, 0.25) is 0 Å². The molecule has 2 aromatic carbocycles. The largest absolute Gasteiger partial charge is 0.454 e. The molecule has 1 fully saturated rings. The Hall–Kier alpha value is -2.00. The van der Waals surface area contributed by atoms with E-state index < -0.39 is 0 Å². The summed E-state index contributed by atoms with van der Waals surface area (Å²) < 4.78 is 10.9. The van der Waals surface area contributed by atoms with E-state index in [0.717, 1.165) is 24.6 Å². The van der Waals surface area contributed by atoms with E-state index in [2.05, 4.69) is 48.2 Å². The van der Waals surface area contributed by atoms with Crippen molar-refractivity contribution in [2.75, 3.05) is 13.3 Å². The zero-order chi connectivity index (χ0) is 14.9. The molecule has 1 unspecified atom stereocenters. The third-order valence-electron chi connectivity index (χ3n) is 4.65. The number of benzene rings is 2. The number of hydrogen-bond donors (Lipinski definition) is 0. The Morgan fingerprint density at radius 1 is 1.05 bits per heavy atom. The quantitative estimate of drug-likeness (QED) is 0.852. The van der Waals surface area contributed by atoms with E-state index >= 15 is 0 Å². The monoisotopic (exact) mass is 295 g/mol. The molecule has 1 atom stereocenters. The first kappa shape index (κ1) is 13.6. The standard InChI is InChI=1S/C19H21NO2/c1-14-4-6-15(7-5-14)12-20-10-2-3-17(20)16-8-9-18-19(11-16)22-13-21-18/h4-9,11,17H,2-3,10,12-13H2,1H3. The first-order valence-corrected chi connectivity index (χ1v) is 7.99. The van der Waals surface area contributed by atoms with Gasteiger partial charge in [0.25, 0.3) is 0 Å². The molecule has 1 saturated heterocycles. The zero-order valence-electron chi connectivity index (χ0n) is 12.9. The number of rotatable bonds is 3. The van der Waals surface area contributed by atoms with Crippen LogP contribution in [0.4, 0.5) is 0 Å². The summed E-state index contributed by atoms with van der Waals surface area (Å²) in [6, 6.07) is 15.7. The van der Waals surface area contributed by atoms with Gasteiger partial charge in [-0.25, -0.2) is 0 Å². The average Bonchev–Trinajstić information content (AvgIpc) is 3.17. The Morgan fingerprint density at radius 3 is 2.73 bits per heavy atom. The topological polar surface area (TPSA) is 21.7 Å². The molecule has 3 heteroatoms. The van der Waals surface area contributed by atoms with Crippen LogP contribution in [0.3, 0.4) is 0 Å². The van der Waals surface area contributed by atoms with Crippen LogP contribution in [0, 0.1) is 6.92 Å². The summed E-state index contributed by atoms with van der Waals surface area (Å²) in [6.45, 7) is 4.65. The molecular weight excluding hydrogens is 274 g/mol. The molecule has 0 bridgehead atoms. The minimum absolute atomic E-state index is 0.344. The van der Waals surface area contributed by atoms with Gasteiger partial charge in [0.1, 0.15) is 0 Å². The van der Waals surface area contributed by atoms with Crippen molar-refractivity contribution >= 4 is 0 Å². The highest BCUT2D eigenvalue weighted by Crippen LogP contribution is 2.39. The fourth-order valence-electron chi connectivity index (χ4n) is 3.44. The lowest BCUT2D eigenvalue weighted by atomic mass is 10.0. The van der Waals surface area contributed by atoms with Crippen LogP contribution in [-0.2, 0) is 6.54 Å². The summed E-state index contributed by atoms with van der Waals surface area (Å²) in [6.07, 6.45) is 2.47. The van der Waals surface area contributed by atoms with Crippen LogP contribution < -0.4 is 9.47 Å². The predicted octanol–water partition coefficient (Wildman–Crippen LogP) is 4.06.